The Morgan fingerprint density at radius 2 is 1.88 bits per heavy atom. The number of carbonyl (C=O) groups excluding carboxylic acids is 2. The van der Waals surface area contributed by atoms with Crippen molar-refractivity contribution in [3.63, 3.8) is 0 Å². The molecule has 0 bridgehead atoms. The molecular weight excluding hydrogens is 344 g/mol. The van der Waals surface area contributed by atoms with Crippen LogP contribution in [-0.2, 0) is 14.3 Å². The Kier molecular flexibility index (Phi) is 6.08. The SMILES string of the molecule is O=C(COC(=O)COc1cccc(Cl)c1)Nc1ccc(F)cc1F. The van der Waals surface area contributed by atoms with E-state index in [2.05, 4.69) is 10.1 Å². The van der Waals surface area contributed by atoms with Gasteiger partial charge in [-0.15, -0.1) is 0 Å². The summed E-state index contributed by atoms with van der Waals surface area (Å²) >= 11 is 5.76. The maximum absolute atomic E-state index is 13.4. The number of nitrogens with one attached hydrogen (secondary N) is 1. The van der Waals surface area contributed by atoms with Gasteiger partial charge in [0.1, 0.15) is 17.4 Å². The average Bonchev–Trinajstić information content (AvgIpc) is 2.54. The van der Waals surface area contributed by atoms with Crippen molar-refractivity contribution < 1.29 is 27.8 Å². The Hall–Kier alpha value is -2.67. The van der Waals surface area contributed by atoms with Crippen molar-refractivity contribution in [3.8, 4) is 5.75 Å². The number of benzene rings is 2. The molecule has 8 heteroatoms. The summed E-state index contributed by atoms with van der Waals surface area (Å²) in [6.07, 6.45) is 0. The molecule has 0 saturated heterocycles. The zero-order valence-corrected chi connectivity index (χ0v) is 13.0. The summed E-state index contributed by atoms with van der Waals surface area (Å²) in [6, 6.07) is 9.08. The summed E-state index contributed by atoms with van der Waals surface area (Å²) in [5.74, 6) is -2.88. The third-order valence-electron chi connectivity index (χ3n) is 2.72. The first-order valence-electron chi connectivity index (χ1n) is 6.73. The lowest BCUT2D eigenvalue weighted by molar-refractivity contribution is -0.149. The monoisotopic (exact) mass is 355 g/mol. The Labute approximate surface area is 141 Å². The van der Waals surface area contributed by atoms with Crippen LogP contribution in [0.15, 0.2) is 42.5 Å². The fourth-order valence-electron chi connectivity index (χ4n) is 1.66. The molecule has 2 aromatic rings. The maximum Gasteiger partial charge on any atom is 0.344 e. The van der Waals surface area contributed by atoms with Gasteiger partial charge in [0.2, 0.25) is 0 Å². The molecule has 0 unspecified atom stereocenters. The lowest BCUT2D eigenvalue weighted by atomic mass is 10.3. The number of ether oxygens (including phenoxy) is 2. The topological polar surface area (TPSA) is 64.6 Å². The molecule has 1 amide bonds. The minimum atomic E-state index is -0.932. The summed E-state index contributed by atoms with van der Waals surface area (Å²) in [5.41, 5.74) is -0.215. The molecule has 0 aromatic heterocycles. The molecule has 0 spiro atoms. The summed E-state index contributed by atoms with van der Waals surface area (Å²) in [5, 5.41) is 2.60. The lowest BCUT2D eigenvalue weighted by Crippen LogP contribution is -2.24. The highest BCUT2D eigenvalue weighted by molar-refractivity contribution is 6.30. The molecule has 0 heterocycles. The quantitative estimate of drug-likeness (QED) is 0.808. The van der Waals surface area contributed by atoms with Crippen LogP contribution in [0.3, 0.4) is 0 Å². The van der Waals surface area contributed by atoms with Gasteiger partial charge in [0.15, 0.2) is 13.2 Å². The summed E-state index contributed by atoms with van der Waals surface area (Å²) in [4.78, 5) is 23.1. The number of carbonyl (C=O) groups is 2. The molecule has 0 aliphatic carbocycles. The predicted octanol–water partition coefficient (Wildman–Crippen LogP) is 3.18. The van der Waals surface area contributed by atoms with Gasteiger partial charge in [-0.2, -0.15) is 0 Å². The zero-order valence-electron chi connectivity index (χ0n) is 12.2. The number of esters is 1. The van der Waals surface area contributed by atoms with E-state index in [0.717, 1.165) is 12.1 Å². The molecule has 2 aromatic carbocycles. The van der Waals surface area contributed by atoms with E-state index in [0.29, 0.717) is 16.8 Å². The summed E-state index contributed by atoms with van der Waals surface area (Å²) in [6.45, 7) is -1.05. The molecule has 0 aliphatic rings. The maximum atomic E-state index is 13.4. The minimum absolute atomic E-state index is 0.215. The standard InChI is InChI=1S/C16H12ClF2NO4/c17-10-2-1-3-12(6-10)23-9-16(22)24-8-15(21)20-14-5-4-11(18)7-13(14)19/h1-7H,8-9H2,(H,20,21). The van der Waals surface area contributed by atoms with Crippen molar-refractivity contribution in [1.29, 1.82) is 0 Å². The molecule has 5 nitrogen and oxygen atoms in total. The summed E-state index contributed by atoms with van der Waals surface area (Å²) in [7, 11) is 0. The Morgan fingerprint density at radius 3 is 2.58 bits per heavy atom. The highest BCUT2D eigenvalue weighted by Gasteiger charge is 2.11. The van der Waals surface area contributed by atoms with Gasteiger partial charge in [-0.3, -0.25) is 4.79 Å². The lowest BCUT2D eigenvalue weighted by Gasteiger charge is -2.08. The van der Waals surface area contributed by atoms with E-state index in [-0.39, 0.29) is 5.69 Å². The number of halogens is 3. The molecule has 1 N–H and O–H groups in total. The predicted molar refractivity (Wildman–Crippen MR) is 82.9 cm³/mol. The van der Waals surface area contributed by atoms with E-state index >= 15 is 0 Å². The first kappa shape index (κ1) is 17.7. The Morgan fingerprint density at radius 1 is 1.08 bits per heavy atom. The fraction of sp³-hybridized carbons (Fsp3) is 0.125. The van der Waals surface area contributed by atoms with Crippen LogP contribution in [0.2, 0.25) is 5.02 Å². The van der Waals surface area contributed by atoms with Gasteiger partial charge < -0.3 is 14.8 Å². The Balaban J connectivity index is 1.75. The smallest absolute Gasteiger partial charge is 0.344 e. The summed E-state index contributed by atoms with van der Waals surface area (Å²) < 4.78 is 35.9. The van der Waals surface area contributed by atoms with Crippen molar-refractivity contribution in [3.05, 3.63) is 59.1 Å². The van der Waals surface area contributed by atoms with Gasteiger partial charge in [0.05, 0.1) is 5.69 Å². The molecule has 126 valence electrons. The van der Waals surface area contributed by atoms with E-state index < -0.39 is 36.7 Å². The van der Waals surface area contributed by atoms with Gasteiger partial charge in [-0.1, -0.05) is 17.7 Å². The van der Waals surface area contributed by atoms with Crippen LogP contribution in [-0.4, -0.2) is 25.1 Å². The number of hydrogen-bond donors (Lipinski definition) is 1. The van der Waals surface area contributed by atoms with Crippen LogP contribution in [0.25, 0.3) is 0 Å². The van der Waals surface area contributed by atoms with Gasteiger partial charge in [0.25, 0.3) is 5.91 Å². The molecule has 2 rings (SSSR count). The second-order valence-corrected chi connectivity index (χ2v) is 5.02. The highest BCUT2D eigenvalue weighted by Crippen LogP contribution is 2.17. The van der Waals surface area contributed by atoms with Gasteiger partial charge in [-0.05, 0) is 30.3 Å². The Bertz CT molecular complexity index is 755. The van der Waals surface area contributed by atoms with Crippen molar-refractivity contribution in [2.45, 2.75) is 0 Å². The third kappa shape index (κ3) is 5.51. The number of amides is 1. The average molecular weight is 356 g/mol. The van der Waals surface area contributed by atoms with E-state index in [1.165, 1.54) is 6.07 Å². The molecule has 24 heavy (non-hydrogen) atoms. The van der Waals surface area contributed by atoms with Crippen LogP contribution in [0.5, 0.6) is 5.75 Å². The first-order chi connectivity index (χ1) is 11.4. The fourth-order valence-corrected chi connectivity index (χ4v) is 1.84. The molecule has 0 fully saturated rings. The van der Waals surface area contributed by atoms with Crippen molar-refractivity contribution in [1.82, 2.24) is 0 Å². The molecule has 0 saturated carbocycles. The normalized spacial score (nSPS) is 10.1. The van der Waals surface area contributed by atoms with Crippen LogP contribution >= 0.6 is 11.6 Å². The first-order valence-corrected chi connectivity index (χ1v) is 7.11. The number of rotatable bonds is 6. The van der Waals surface area contributed by atoms with Crippen LogP contribution in [0.4, 0.5) is 14.5 Å². The molecule has 0 radical (unpaired) electrons. The van der Waals surface area contributed by atoms with Crippen molar-refractivity contribution in [2.24, 2.45) is 0 Å². The number of hydrogen-bond acceptors (Lipinski definition) is 4. The second kappa shape index (κ2) is 8.26. The minimum Gasteiger partial charge on any atom is -0.482 e. The van der Waals surface area contributed by atoms with Crippen LogP contribution < -0.4 is 10.1 Å². The molecule has 0 atom stereocenters. The van der Waals surface area contributed by atoms with E-state index in [9.17, 15) is 18.4 Å². The van der Waals surface area contributed by atoms with Gasteiger partial charge in [0, 0.05) is 11.1 Å². The van der Waals surface area contributed by atoms with E-state index in [1.807, 2.05) is 0 Å². The van der Waals surface area contributed by atoms with E-state index in [4.69, 9.17) is 16.3 Å². The molecule has 0 aliphatic heterocycles. The second-order valence-electron chi connectivity index (χ2n) is 4.58. The van der Waals surface area contributed by atoms with Crippen LogP contribution in [0.1, 0.15) is 0 Å². The van der Waals surface area contributed by atoms with Crippen LogP contribution in [0, 0.1) is 11.6 Å². The van der Waals surface area contributed by atoms with Gasteiger partial charge >= 0.3 is 5.97 Å². The largest absolute Gasteiger partial charge is 0.482 e. The zero-order chi connectivity index (χ0) is 17.5. The highest BCUT2D eigenvalue weighted by atomic mass is 35.5. The third-order valence-corrected chi connectivity index (χ3v) is 2.96. The molecular formula is C16H12ClF2NO4. The van der Waals surface area contributed by atoms with Crippen molar-refractivity contribution >= 4 is 29.2 Å². The van der Waals surface area contributed by atoms with Gasteiger partial charge in [-0.25, -0.2) is 13.6 Å². The number of anilines is 1. The van der Waals surface area contributed by atoms with E-state index in [1.54, 1.807) is 18.2 Å². The van der Waals surface area contributed by atoms with Crippen molar-refractivity contribution in [2.75, 3.05) is 18.5 Å².